The van der Waals surface area contributed by atoms with E-state index in [1.54, 1.807) is 0 Å². The number of para-hydroxylation sites is 1. The minimum Gasteiger partial charge on any atom is -0.378 e. The number of hydrogen-bond acceptors (Lipinski definition) is 5. The number of hydrogen-bond donors (Lipinski definition) is 0. The second kappa shape index (κ2) is 6.86. The van der Waals surface area contributed by atoms with Gasteiger partial charge in [-0.25, -0.2) is 4.68 Å². The number of carbonyl (C=O) groups is 1. The Morgan fingerprint density at radius 2 is 1.88 bits per heavy atom. The molecule has 2 aliphatic heterocycles. The molecule has 4 rings (SSSR count). The van der Waals surface area contributed by atoms with E-state index in [0.29, 0.717) is 25.8 Å². The third kappa shape index (κ3) is 3.14. The van der Waals surface area contributed by atoms with Crippen LogP contribution in [-0.2, 0) is 9.53 Å². The van der Waals surface area contributed by atoms with E-state index in [1.165, 1.54) is 0 Å². The third-order valence-corrected chi connectivity index (χ3v) is 5.00. The average Bonchev–Trinajstić information content (AvgIpc) is 3.07. The lowest BCUT2D eigenvalue weighted by Crippen LogP contribution is -2.47. The lowest BCUT2D eigenvalue weighted by molar-refractivity contribution is -0.136. The van der Waals surface area contributed by atoms with Gasteiger partial charge >= 0.3 is 0 Å². The summed E-state index contributed by atoms with van der Waals surface area (Å²) in [6, 6.07) is 8.45. The molecule has 0 N–H and O–H groups in total. The molecule has 0 radical (unpaired) electrons. The quantitative estimate of drug-likeness (QED) is 0.838. The molecule has 2 fully saturated rings. The first-order valence-electron chi connectivity index (χ1n) is 8.69. The predicted octanol–water partition coefficient (Wildman–Crippen LogP) is 0.927. The van der Waals surface area contributed by atoms with Gasteiger partial charge < -0.3 is 9.64 Å². The maximum absolute atomic E-state index is 12.4. The summed E-state index contributed by atoms with van der Waals surface area (Å²) in [5, 5.41) is 8.59. The molecule has 3 heterocycles. The Bertz CT molecular complexity index is 702. The summed E-state index contributed by atoms with van der Waals surface area (Å²) < 4.78 is 7.36. The second-order valence-electron chi connectivity index (χ2n) is 6.52. The van der Waals surface area contributed by atoms with E-state index >= 15 is 0 Å². The normalized spacial score (nSPS) is 20.6. The van der Waals surface area contributed by atoms with Crippen LogP contribution in [0.4, 0.5) is 0 Å². The van der Waals surface area contributed by atoms with E-state index in [9.17, 15) is 4.79 Å². The van der Waals surface area contributed by atoms with Crippen molar-refractivity contribution in [3.8, 4) is 0 Å². The van der Waals surface area contributed by atoms with E-state index in [0.717, 1.165) is 50.1 Å². The number of morpholine rings is 1. The lowest BCUT2D eigenvalue weighted by Gasteiger charge is -2.34. The van der Waals surface area contributed by atoms with E-state index < -0.39 is 0 Å². The number of likely N-dealkylation sites (tertiary alicyclic amines) is 1. The second-order valence-corrected chi connectivity index (χ2v) is 6.52. The molecule has 0 atom stereocenters. The number of rotatable bonds is 3. The molecule has 2 aliphatic rings. The molecule has 1 aromatic heterocycles. The van der Waals surface area contributed by atoms with Gasteiger partial charge in [-0.05, 0) is 25.0 Å². The monoisotopic (exact) mass is 329 g/mol. The van der Waals surface area contributed by atoms with Gasteiger partial charge in [0, 0.05) is 26.2 Å². The SMILES string of the molecule is O=C(CN1CCC(n2nnc3ccccc32)CC1)N1CCOCC1. The van der Waals surface area contributed by atoms with Crippen molar-refractivity contribution in [2.75, 3.05) is 45.9 Å². The Morgan fingerprint density at radius 3 is 2.67 bits per heavy atom. The van der Waals surface area contributed by atoms with Crippen LogP contribution < -0.4 is 0 Å². The van der Waals surface area contributed by atoms with Gasteiger partial charge in [0.1, 0.15) is 5.52 Å². The summed E-state index contributed by atoms with van der Waals surface area (Å²) in [5.74, 6) is 0.225. The van der Waals surface area contributed by atoms with E-state index in [4.69, 9.17) is 4.74 Å². The highest BCUT2D eigenvalue weighted by molar-refractivity contribution is 5.78. The van der Waals surface area contributed by atoms with Gasteiger partial charge in [-0.1, -0.05) is 17.3 Å². The number of amides is 1. The zero-order valence-corrected chi connectivity index (χ0v) is 13.8. The molecule has 128 valence electrons. The smallest absolute Gasteiger partial charge is 0.236 e. The third-order valence-electron chi connectivity index (χ3n) is 5.00. The van der Waals surface area contributed by atoms with Crippen molar-refractivity contribution in [1.82, 2.24) is 24.8 Å². The molecular formula is C17H23N5O2. The van der Waals surface area contributed by atoms with Gasteiger partial charge in [-0.3, -0.25) is 9.69 Å². The summed E-state index contributed by atoms with van der Waals surface area (Å²) in [6.45, 7) is 5.13. The summed E-state index contributed by atoms with van der Waals surface area (Å²) in [7, 11) is 0. The van der Waals surface area contributed by atoms with Crippen molar-refractivity contribution >= 4 is 16.9 Å². The number of benzene rings is 1. The zero-order chi connectivity index (χ0) is 16.4. The van der Waals surface area contributed by atoms with Gasteiger partial charge in [0.25, 0.3) is 0 Å². The van der Waals surface area contributed by atoms with Gasteiger partial charge in [-0.15, -0.1) is 5.10 Å². The first-order valence-corrected chi connectivity index (χ1v) is 8.69. The van der Waals surface area contributed by atoms with Crippen molar-refractivity contribution in [3.63, 3.8) is 0 Å². The molecule has 7 heteroatoms. The fourth-order valence-corrected chi connectivity index (χ4v) is 3.58. The van der Waals surface area contributed by atoms with Crippen molar-refractivity contribution in [2.24, 2.45) is 0 Å². The van der Waals surface area contributed by atoms with Crippen LogP contribution in [0.25, 0.3) is 11.0 Å². The maximum Gasteiger partial charge on any atom is 0.236 e. The summed E-state index contributed by atoms with van der Waals surface area (Å²) >= 11 is 0. The summed E-state index contributed by atoms with van der Waals surface area (Å²) in [5.41, 5.74) is 2.04. The molecule has 2 aromatic rings. The Labute approximate surface area is 141 Å². The Morgan fingerprint density at radius 1 is 1.12 bits per heavy atom. The van der Waals surface area contributed by atoms with Crippen LogP contribution in [0.3, 0.4) is 0 Å². The number of piperidine rings is 1. The molecule has 24 heavy (non-hydrogen) atoms. The predicted molar refractivity (Wildman–Crippen MR) is 89.6 cm³/mol. The highest BCUT2D eigenvalue weighted by Gasteiger charge is 2.25. The largest absolute Gasteiger partial charge is 0.378 e. The number of aromatic nitrogens is 3. The van der Waals surface area contributed by atoms with Crippen molar-refractivity contribution in [1.29, 1.82) is 0 Å². The molecular weight excluding hydrogens is 306 g/mol. The van der Waals surface area contributed by atoms with Crippen LogP contribution in [0.5, 0.6) is 0 Å². The van der Waals surface area contributed by atoms with Crippen LogP contribution in [0.2, 0.25) is 0 Å². The first kappa shape index (κ1) is 15.5. The lowest BCUT2D eigenvalue weighted by atomic mass is 10.0. The van der Waals surface area contributed by atoms with Crippen LogP contribution in [-0.4, -0.2) is 76.6 Å². The van der Waals surface area contributed by atoms with Crippen LogP contribution in [0.1, 0.15) is 18.9 Å². The van der Waals surface area contributed by atoms with Crippen LogP contribution >= 0.6 is 0 Å². The summed E-state index contributed by atoms with van der Waals surface area (Å²) in [6.07, 6.45) is 2.01. The molecule has 7 nitrogen and oxygen atoms in total. The molecule has 0 aliphatic carbocycles. The number of nitrogens with zero attached hydrogens (tertiary/aromatic N) is 5. The van der Waals surface area contributed by atoms with Gasteiger partial charge in [0.05, 0.1) is 31.3 Å². The number of fused-ring (bicyclic) bond motifs is 1. The maximum atomic E-state index is 12.4. The molecule has 0 bridgehead atoms. The molecule has 1 amide bonds. The standard InChI is InChI=1S/C17H23N5O2/c23-17(21-9-11-24-12-10-21)13-20-7-5-14(6-8-20)22-16-4-2-1-3-15(16)18-19-22/h1-4,14H,5-13H2. The van der Waals surface area contributed by atoms with Gasteiger partial charge in [-0.2, -0.15) is 0 Å². The molecule has 2 saturated heterocycles. The summed E-state index contributed by atoms with van der Waals surface area (Å²) in [4.78, 5) is 16.5. The van der Waals surface area contributed by atoms with Crippen molar-refractivity contribution in [3.05, 3.63) is 24.3 Å². The fourth-order valence-electron chi connectivity index (χ4n) is 3.58. The fraction of sp³-hybridized carbons (Fsp3) is 0.588. The van der Waals surface area contributed by atoms with E-state index in [1.807, 2.05) is 23.1 Å². The van der Waals surface area contributed by atoms with Crippen LogP contribution in [0.15, 0.2) is 24.3 Å². The van der Waals surface area contributed by atoms with Gasteiger partial charge in [0.15, 0.2) is 0 Å². The molecule has 0 spiro atoms. The minimum absolute atomic E-state index is 0.225. The number of ether oxygens (including phenoxy) is 1. The molecule has 1 aromatic carbocycles. The zero-order valence-electron chi connectivity index (χ0n) is 13.8. The topological polar surface area (TPSA) is 63.5 Å². The van der Waals surface area contributed by atoms with Crippen LogP contribution in [0, 0.1) is 0 Å². The molecule has 0 saturated carbocycles. The Hall–Kier alpha value is -1.99. The first-order chi connectivity index (χ1) is 11.8. The van der Waals surface area contributed by atoms with E-state index in [-0.39, 0.29) is 5.91 Å². The highest BCUT2D eigenvalue weighted by Crippen LogP contribution is 2.25. The Kier molecular flexibility index (Phi) is 4.44. The number of carbonyl (C=O) groups excluding carboxylic acids is 1. The highest BCUT2D eigenvalue weighted by atomic mass is 16.5. The minimum atomic E-state index is 0.225. The van der Waals surface area contributed by atoms with Crippen molar-refractivity contribution in [2.45, 2.75) is 18.9 Å². The average molecular weight is 329 g/mol. The van der Waals surface area contributed by atoms with E-state index in [2.05, 4.69) is 26.0 Å². The molecule has 0 unspecified atom stereocenters. The Balaban J connectivity index is 1.34. The van der Waals surface area contributed by atoms with Gasteiger partial charge in [0.2, 0.25) is 5.91 Å². The van der Waals surface area contributed by atoms with Crippen molar-refractivity contribution < 1.29 is 9.53 Å².